The number of rotatable bonds is 4. The van der Waals surface area contributed by atoms with Crippen LogP contribution in [0.4, 0.5) is 5.88 Å². The van der Waals surface area contributed by atoms with Crippen LogP contribution in [0.2, 0.25) is 0 Å². The molecular weight excluding hydrogens is 344 g/mol. The molecule has 2 aromatic rings. The van der Waals surface area contributed by atoms with Crippen LogP contribution >= 0.6 is 10.7 Å². The molecule has 1 atom stereocenters. The van der Waals surface area contributed by atoms with Crippen molar-refractivity contribution in [1.82, 2.24) is 5.16 Å². The lowest BCUT2D eigenvalue weighted by molar-refractivity contribution is -0.117. The number of anilines is 1. The second-order valence-electron chi connectivity index (χ2n) is 5.09. The molecule has 2 heterocycles. The minimum atomic E-state index is -3.80. The maximum absolute atomic E-state index is 12.0. The highest BCUT2D eigenvalue weighted by Crippen LogP contribution is 2.30. The first-order valence-electron chi connectivity index (χ1n) is 6.73. The van der Waals surface area contributed by atoms with Crippen molar-refractivity contribution < 1.29 is 22.5 Å². The smallest absolute Gasteiger partial charge is 0.237 e. The maximum atomic E-state index is 12.0. The molecular formula is C14H13ClN2O5S. The molecule has 0 radical (unpaired) electrons. The lowest BCUT2D eigenvalue weighted by Crippen LogP contribution is -2.26. The minimum absolute atomic E-state index is 0.0442. The fourth-order valence-electron chi connectivity index (χ4n) is 2.39. The molecule has 1 aromatic heterocycles. The molecule has 122 valence electrons. The molecule has 0 spiro atoms. The molecule has 3 rings (SSSR count). The molecule has 1 saturated heterocycles. The second-order valence-corrected chi connectivity index (χ2v) is 8.00. The van der Waals surface area contributed by atoms with Crippen molar-refractivity contribution >= 4 is 31.5 Å². The lowest BCUT2D eigenvalue weighted by Gasteiger charge is -2.10. The first-order valence-corrected chi connectivity index (χ1v) is 9.10. The van der Waals surface area contributed by atoms with E-state index in [0.29, 0.717) is 11.4 Å². The predicted molar refractivity (Wildman–Crippen MR) is 84.0 cm³/mol. The third-order valence-corrected chi connectivity index (χ3v) is 5.48. The number of hydrogen-bond acceptors (Lipinski definition) is 6. The Labute approximate surface area is 137 Å². The average molecular weight is 357 g/mol. The van der Waals surface area contributed by atoms with Crippen molar-refractivity contribution in [2.24, 2.45) is 0 Å². The molecule has 0 aliphatic carbocycles. The van der Waals surface area contributed by atoms with Gasteiger partial charge in [0.05, 0.1) is 7.11 Å². The van der Waals surface area contributed by atoms with Crippen molar-refractivity contribution in [3.8, 4) is 17.0 Å². The van der Waals surface area contributed by atoms with E-state index < -0.39 is 14.3 Å². The summed E-state index contributed by atoms with van der Waals surface area (Å²) >= 11 is 0. The Bertz CT molecular complexity index is 848. The van der Waals surface area contributed by atoms with Gasteiger partial charge in [0.2, 0.25) is 20.8 Å². The lowest BCUT2D eigenvalue weighted by atomic mass is 10.1. The van der Waals surface area contributed by atoms with Gasteiger partial charge in [0.1, 0.15) is 16.7 Å². The van der Waals surface area contributed by atoms with E-state index in [2.05, 4.69) is 5.16 Å². The Hall–Kier alpha value is -2.06. The molecule has 1 fully saturated rings. The summed E-state index contributed by atoms with van der Waals surface area (Å²) < 4.78 is 33.1. The second kappa shape index (κ2) is 5.86. The van der Waals surface area contributed by atoms with Crippen LogP contribution in [0.5, 0.6) is 5.75 Å². The Morgan fingerprint density at radius 3 is 2.83 bits per heavy atom. The van der Waals surface area contributed by atoms with Crippen molar-refractivity contribution in [3.63, 3.8) is 0 Å². The average Bonchev–Trinajstić information content (AvgIpc) is 3.13. The number of carbonyl (C=O) groups excluding carboxylic acids is 1. The van der Waals surface area contributed by atoms with Gasteiger partial charge in [-0.2, -0.15) is 0 Å². The van der Waals surface area contributed by atoms with Gasteiger partial charge in [0.25, 0.3) is 0 Å². The summed E-state index contributed by atoms with van der Waals surface area (Å²) in [5.41, 5.74) is 1.27. The van der Waals surface area contributed by atoms with E-state index in [1.54, 1.807) is 31.4 Å². The number of nitrogens with zero attached hydrogens (tertiary/aromatic N) is 2. The van der Waals surface area contributed by atoms with Crippen LogP contribution in [0.15, 0.2) is 34.9 Å². The number of ether oxygens (including phenoxy) is 1. The highest BCUT2D eigenvalue weighted by Gasteiger charge is 2.39. The van der Waals surface area contributed by atoms with Gasteiger partial charge in [0, 0.05) is 35.3 Å². The van der Waals surface area contributed by atoms with Gasteiger partial charge in [-0.15, -0.1) is 0 Å². The molecule has 1 aliphatic heterocycles. The molecule has 7 nitrogen and oxygen atoms in total. The van der Waals surface area contributed by atoms with Crippen LogP contribution in [-0.4, -0.2) is 38.4 Å². The normalized spacial score (nSPS) is 18.4. The van der Waals surface area contributed by atoms with Crippen molar-refractivity contribution in [3.05, 3.63) is 30.3 Å². The van der Waals surface area contributed by atoms with Gasteiger partial charge in [-0.3, -0.25) is 9.69 Å². The van der Waals surface area contributed by atoms with Crippen molar-refractivity contribution in [2.75, 3.05) is 18.6 Å². The molecule has 0 bridgehead atoms. The first-order chi connectivity index (χ1) is 10.9. The molecule has 1 unspecified atom stereocenters. The summed E-state index contributed by atoms with van der Waals surface area (Å²) in [5.74, 6) is 0.487. The summed E-state index contributed by atoms with van der Waals surface area (Å²) in [6, 6.07) is 8.78. The quantitative estimate of drug-likeness (QED) is 0.778. The van der Waals surface area contributed by atoms with Gasteiger partial charge in [-0.25, -0.2) is 8.42 Å². The number of hydrogen-bond donors (Lipinski definition) is 0. The molecule has 9 heteroatoms. The molecule has 0 saturated carbocycles. The number of amides is 1. The maximum Gasteiger partial charge on any atom is 0.237 e. The van der Waals surface area contributed by atoms with Crippen LogP contribution in [0.3, 0.4) is 0 Å². The van der Waals surface area contributed by atoms with Crippen LogP contribution in [0, 0.1) is 0 Å². The Kier molecular flexibility index (Phi) is 4.03. The SMILES string of the molecule is COc1cccc(-c2cc(N3CC(S(=O)(=O)Cl)CC3=O)on2)c1. The molecule has 1 aliphatic rings. The predicted octanol–water partition coefficient (Wildman–Crippen LogP) is 2.02. The van der Waals surface area contributed by atoms with Crippen LogP contribution in [-0.2, 0) is 13.8 Å². The fraction of sp³-hybridized carbons (Fsp3) is 0.286. The Morgan fingerprint density at radius 1 is 1.39 bits per heavy atom. The Balaban J connectivity index is 1.86. The van der Waals surface area contributed by atoms with E-state index in [9.17, 15) is 13.2 Å². The zero-order chi connectivity index (χ0) is 16.6. The summed E-state index contributed by atoms with van der Waals surface area (Å²) in [5, 5.41) is 2.98. The monoisotopic (exact) mass is 356 g/mol. The third-order valence-electron chi connectivity index (χ3n) is 3.62. The number of halogens is 1. The van der Waals surface area contributed by atoms with E-state index in [4.69, 9.17) is 19.9 Å². The van der Waals surface area contributed by atoms with E-state index in [1.807, 2.05) is 6.07 Å². The zero-order valence-corrected chi connectivity index (χ0v) is 13.7. The van der Waals surface area contributed by atoms with Crippen molar-refractivity contribution in [1.29, 1.82) is 0 Å². The zero-order valence-electron chi connectivity index (χ0n) is 12.1. The van der Waals surface area contributed by atoms with Gasteiger partial charge in [0.15, 0.2) is 0 Å². The summed E-state index contributed by atoms with van der Waals surface area (Å²) in [4.78, 5) is 13.2. The van der Waals surface area contributed by atoms with Gasteiger partial charge in [-0.1, -0.05) is 17.3 Å². The minimum Gasteiger partial charge on any atom is -0.497 e. The number of carbonyl (C=O) groups is 1. The highest BCUT2D eigenvalue weighted by molar-refractivity contribution is 8.14. The molecule has 0 N–H and O–H groups in total. The summed E-state index contributed by atoms with van der Waals surface area (Å²) in [6.45, 7) is -0.0442. The Morgan fingerprint density at radius 2 is 2.17 bits per heavy atom. The largest absolute Gasteiger partial charge is 0.497 e. The van der Waals surface area contributed by atoms with E-state index in [0.717, 1.165) is 5.56 Å². The number of aromatic nitrogens is 1. The highest BCUT2D eigenvalue weighted by atomic mass is 35.7. The van der Waals surface area contributed by atoms with E-state index >= 15 is 0 Å². The number of methoxy groups -OCH3 is 1. The van der Waals surface area contributed by atoms with E-state index in [-0.39, 0.29) is 24.8 Å². The van der Waals surface area contributed by atoms with Crippen molar-refractivity contribution in [2.45, 2.75) is 11.7 Å². The first kappa shape index (κ1) is 15.8. The third kappa shape index (κ3) is 3.18. The van der Waals surface area contributed by atoms with Crippen LogP contribution in [0.25, 0.3) is 11.3 Å². The van der Waals surface area contributed by atoms with Crippen LogP contribution in [0.1, 0.15) is 6.42 Å². The van der Waals surface area contributed by atoms with Gasteiger partial charge >= 0.3 is 0 Å². The molecule has 1 aromatic carbocycles. The molecule has 23 heavy (non-hydrogen) atoms. The van der Waals surface area contributed by atoms with Crippen LogP contribution < -0.4 is 9.64 Å². The number of benzene rings is 1. The fourth-order valence-corrected chi connectivity index (χ4v) is 3.41. The summed E-state index contributed by atoms with van der Waals surface area (Å²) in [7, 11) is 3.08. The summed E-state index contributed by atoms with van der Waals surface area (Å²) in [6.07, 6.45) is -0.166. The molecule has 1 amide bonds. The topological polar surface area (TPSA) is 89.7 Å². The van der Waals surface area contributed by atoms with E-state index in [1.165, 1.54) is 4.90 Å². The standard InChI is InChI=1S/C14H13ClN2O5S/c1-21-10-4-2-3-9(5-10)12-7-14(22-16-12)17-8-11(6-13(17)18)23(15,19)20/h2-5,7,11H,6,8H2,1H3. The van der Waals surface area contributed by atoms with Gasteiger partial charge in [-0.05, 0) is 12.1 Å². The van der Waals surface area contributed by atoms with Gasteiger partial charge < -0.3 is 9.26 Å².